The molecule has 2 aromatic carbocycles. The van der Waals surface area contributed by atoms with Gasteiger partial charge < -0.3 is 10.1 Å². The summed E-state index contributed by atoms with van der Waals surface area (Å²) in [5, 5.41) is 13.2. The van der Waals surface area contributed by atoms with Gasteiger partial charge >= 0.3 is 0 Å². The number of carbonyl (C=O) groups is 2. The molecule has 0 aliphatic carbocycles. The number of rotatable bonds is 6. The Hall–Kier alpha value is -3.49. The molecule has 0 spiro atoms. The Morgan fingerprint density at radius 3 is 2.56 bits per heavy atom. The predicted molar refractivity (Wildman–Crippen MR) is 138 cm³/mol. The molecule has 2 atom stereocenters. The Bertz CT molecular complexity index is 1240. The maximum absolute atomic E-state index is 13.0. The topological polar surface area (TPSA) is 104 Å². The van der Waals surface area contributed by atoms with Gasteiger partial charge in [-0.05, 0) is 77.1 Å². The van der Waals surface area contributed by atoms with Crippen molar-refractivity contribution in [2.75, 3.05) is 13.1 Å². The molecule has 1 fully saturated rings. The number of para-hydroxylation sites is 1. The Morgan fingerprint density at radius 1 is 1.14 bits per heavy atom. The number of carbonyl (C=O) groups excluding carboxylic acids is 2. The zero-order chi connectivity index (χ0) is 25.9. The van der Waals surface area contributed by atoms with E-state index in [0.29, 0.717) is 37.4 Å². The van der Waals surface area contributed by atoms with Gasteiger partial charge in [-0.25, -0.2) is 5.48 Å². The molecule has 1 saturated heterocycles. The summed E-state index contributed by atoms with van der Waals surface area (Å²) in [4.78, 5) is 32.1. The molecular weight excluding hydrogens is 456 g/mol. The molecule has 3 aromatic rings. The summed E-state index contributed by atoms with van der Waals surface area (Å²) in [5.41, 5.74) is 5.05. The number of hydroxylamine groups is 1. The first-order valence-corrected chi connectivity index (χ1v) is 12.2. The van der Waals surface area contributed by atoms with Gasteiger partial charge in [0, 0.05) is 34.3 Å². The lowest BCUT2D eigenvalue weighted by Gasteiger charge is -2.44. The van der Waals surface area contributed by atoms with Gasteiger partial charge in [-0.3, -0.25) is 24.7 Å². The molecule has 0 bridgehead atoms. The Kier molecular flexibility index (Phi) is 7.56. The average molecular weight is 491 g/mol. The van der Waals surface area contributed by atoms with Crippen molar-refractivity contribution >= 4 is 22.7 Å². The van der Waals surface area contributed by atoms with Crippen LogP contribution in [-0.2, 0) is 11.4 Å². The van der Waals surface area contributed by atoms with Crippen molar-refractivity contribution in [2.45, 2.75) is 52.3 Å². The zero-order valence-corrected chi connectivity index (χ0v) is 21.2. The fourth-order valence-electron chi connectivity index (χ4n) is 4.73. The van der Waals surface area contributed by atoms with E-state index >= 15 is 0 Å². The number of aryl methyl sites for hydroxylation is 1. The standard InChI is InChI=1S/C28H34N4O4/c1-18-15-20(22-7-5-6-8-24(22)29-18)17-36-21-11-9-19(10-12-21)26(33)30-25-16-32(28(2,3)4)14-13-23(25)27(34)31-35/h5-12,15,23,25,35H,13-14,16-17H2,1-4H3,(H,30,33)(H,31,34). The van der Waals surface area contributed by atoms with Gasteiger partial charge in [0.1, 0.15) is 12.4 Å². The van der Waals surface area contributed by atoms with Crippen molar-refractivity contribution in [2.24, 2.45) is 5.92 Å². The highest BCUT2D eigenvalue weighted by molar-refractivity contribution is 5.95. The average Bonchev–Trinajstić information content (AvgIpc) is 2.86. The third-order valence-electron chi connectivity index (χ3n) is 6.77. The van der Waals surface area contributed by atoms with Gasteiger partial charge in [0.2, 0.25) is 5.91 Å². The van der Waals surface area contributed by atoms with Crippen molar-refractivity contribution in [3.8, 4) is 5.75 Å². The molecule has 190 valence electrons. The first-order chi connectivity index (χ1) is 17.2. The van der Waals surface area contributed by atoms with E-state index in [2.05, 4.69) is 36.0 Å². The minimum absolute atomic E-state index is 0.0959. The Morgan fingerprint density at radius 2 is 1.86 bits per heavy atom. The van der Waals surface area contributed by atoms with E-state index in [0.717, 1.165) is 22.2 Å². The molecule has 36 heavy (non-hydrogen) atoms. The minimum Gasteiger partial charge on any atom is -0.489 e. The minimum atomic E-state index is -0.501. The molecule has 2 unspecified atom stereocenters. The maximum Gasteiger partial charge on any atom is 0.251 e. The number of nitrogens with zero attached hydrogens (tertiary/aromatic N) is 2. The van der Waals surface area contributed by atoms with E-state index < -0.39 is 17.9 Å². The van der Waals surface area contributed by atoms with Gasteiger partial charge in [0.15, 0.2) is 0 Å². The number of piperidine rings is 1. The van der Waals surface area contributed by atoms with E-state index in [4.69, 9.17) is 4.74 Å². The van der Waals surface area contributed by atoms with E-state index in [9.17, 15) is 14.8 Å². The molecule has 3 N–H and O–H groups in total. The smallest absolute Gasteiger partial charge is 0.251 e. The van der Waals surface area contributed by atoms with Crippen LogP contribution in [0.5, 0.6) is 5.75 Å². The summed E-state index contributed by atoms with van der Waals surface area (Å²) in [6.07, 6.45) is 0.546. The van der Waals surface area contributed by atoms with E-state index in [1.165, 1.54) is 0 Å². The second kappa shape index (κ2) is 10.6. The first kappa shape index (κ1) is 25.6. The summed E-state index contributed by atoms with van der Waals surface area (Å²) in [5.74, 6) is -0.594. The number of fused-ring (bicyclic) bond motifs is 1. The van der Waals surface area contributed by atoms with Crippen molar-refractivity contribution in [1.82, 2.24) is 20.7 Å². The van der Waals surface area contributed by atoms with E-state index in [1.807, 2.05) is 37.3 Å². The van der Waals surface area contributed by atoms with Crippen molar-refractivity contribution < 1.29 is 19.5 Å². The van der Waals surface area contributed by atoms with Gasteiger partial charge in [-0.2, -0.15) is 0 Å². The van der Waals surface area contributed by atoms with Crippen LogP contribution in [0.15, 0.2) is 54.6 Å². The highest BCUT2D eigenvalue weighted by atomic mass is 16.5. The largest absolute Gasteiger partial charge is 0.489 e. The molecule has 2 amide bonds. The number of ether oxygens (including phenoxy) is 1. The summed E-state index contributed by atoms with van der Waals surface area (Å²) >= 11 is 0. The quantitative estimate of drug-likeness (QED) is 0.358. The lowest BCUT2D eigenvalue weighted by atomic mass is 9.88. The molecule has 0 saturated carbocycles. The number of aromatic nitrogens is 1. The highest BCUT2D eigenvalue weighted by Crippen LogP contribution is 2.25. The molecule has 1 aliphatic heterocycles. The summed E-state index contributed by atoms with van der Waals surface area (Å²) < 4.78 is 6.01. The van der Waals surface area contributed by atoms with Crippen LogP contribution in [-0.4, -0.2) is 51.6 Å². The lowest BCUT2D eigenvalue weighted by molar-refractivity contribution is -0.136. The fraction of sp³-hybridized carbons (Fsp3) is 0.393. The molecule has 1 aliphatic rings. The first-order valence-electron chi connectivity index (χ1n) is 12.2. The Balaban J connectivity index is 1.43. The number of benzene rings is 2. The van der Waals surface area contributed by atoms with Crippen LogP contribution in [0.4, 0.5) is 0 Å². The highest BCUT2D eigenvalue weighted by Gasteiger charge is 2.38. The predicted octanol–water partition coefficient (Wildman–Crippen LogP) is 3.85. The van der Waals surface area contributed by atoms with Gasteiger partial charge in [-0.1, -0.05) is 18.2 Å². The molecular formula is C28H34N4O4. The zero-order valence-electron chi connectivity index (χ0n) is 21.2. The van der Waals surface area contributed by atoms with Crippen LogP contribution in [0.25, 0.3) is 10.9 Å². The maximum atomic E-state index is 13.0. The second-order valence-corrected chi connectivity index (χ2v) is 10.3. The third kappa shape index (κ3) is 5.83. The van der Waals surface area contributed by atoms with Crippen LogP contribution in [0.3, 0.4) is 0 Å². The third-order valence-corrected chi connectivity index (χ3v) is 6.77. The van der Waals surface area contributed by atoms with Crippen molar-refractivity contribution in [1.29, 1.82) is 0 Å². The number of hydrogen-bond acceptors (Lipinski definition) is 6. The summed E-state index contributed by atoms with van der Waals surface area (Å²) in [6.45, 7) is 9.90. The molecule has 8 heteroatoms. The van der Waals surface area contributed by atoms with Crippen LogP contribution in [0.2, 0.25) is 0 Å². The SMILES string of the molecule is Cc1cc(COc2ccc(C(=O)NC3CN(C(C)(C)C)CCC3C(=O)NO)cc2)c2ccccc2n1. The van der Waals surface area contributed by atoms with Crippen molar-refractivity contribution in [3.63, 3.8) is 0 Å². The summed E-state index contributed by atoms with van der Waals surface area (Å²) in [6, 6.07) is 16.5. The van der Waals surface area contributed by atoms with E-state index in [1.54, 1.807) is 29.7 Å². The number of amides is 2. The molecule has 2 heterocycles. The summed E-state index contributed by atoms with van der Waals surface area (Å²) in [7, 11) is 0. The Labute approximate surface area is 211 Å². The lowest BCUT2D eigenvalue weighted by Crippen LogP contribution is -2.59. The number of pyridine rings is 1. The number of nitrogens with one attached hydrogen (secondary N) is 2. The van der Waals surface area contributed by atoms with Crippen LogP contribution in [0, 0.1) is 12.8 Å². The molecule has 0 radical (unpaired) electrons. The fourth-order valence-corrected chi connectivity index (χ4v) is 4.73. The molecule has 8 nitrogen and oxygen atoms in total. The number of likely N-dealkylation sites (tertiary alicyclic amines) is 1. The molecule has 1 aromatic heterocycles. The normalized spacial score (nSPS) is 18.6. The molecule has 4 rings (SSSR count). The van der Waals surface area contributed by atoms with Gasteiger partial charge in [0.25, 0.3) is 5.91 Å². The van der Waals surface area contributed by atoms with Gasteiger partial charge in [0.05, 0.1) is 17.5 Å². The van der Waals surface area contributed by atoms with Gasteiger partial charge in [-0.15, -0.1) is 0 Å². The van der Waals surface area contributed by atoms with Crippen LogP contribution >= 0.6 is 0 Å². The monoisotopic (exact) mass is 490 g/mol. The van der Waals surface area contributed by atoms with Crippen molar-refractivity contribution in [3.05, 3.63) is 71.4 Å². The van der Waals surface area contributed by atoms with Crippen LogP contribution in [0.1, 0.15) is 48.8 Å². The van der Waals surface area contributed by atoms with Crippen LogP contribution < -0.4 is 15.5 Å². The van der Waals surface area contributed by atoms with E-state index in [-0.39, 0.29) is 11.4 Å². The second-order valence-electron chi connectivity index (χ2n) is 10.3. The number of hydrogen-bond donors (Lipinski definition) is 3.